The molecule has 22 heavy (non-hydrogen) atoms. The van der Waals surface area contributed by atoms with Gasteiger partial charge in [-0.3, -0.25) is 4.79 Å². The van der Waals surface area contributed by atoms with Gasteiger partial charge in [-0.05, 0) is 6.42 Å². The molecule has 0 heterocycles. The average molecular weight is 328 g/mol. The molecule has 0 unspecified atom stereocenters. The van der Waals surface area contributed by atoms with E-state index in [1.165, 1.54) is 0 Å². The van der Waals surface area contributed by atoms with Crippen molar-refractivity contribution < 1.29 is 47.4 Å². The molecular formula is C12H24O10. The Bertz CT molecular complexity index is 216. The molecule has 0 radical (unpaired) electrons. The molecule has 0 atom stereocenters. The summed E-state index contributed by atoms with van der Waals surface area (Å²) in [6, 6.07) is 0. The number of hydrogen-bond donors (Lipinski definition) is 0. The van der Waals surface area contributed by atoms with Gasteiger partial charge in [-0.25, -0.2) is 0 Å². The van der Waals surface area contributed by atoms with Crippen LogP contribution < -0.4 is 0 Å². The Balaban J connectivity index is 2.92. The zero-order valence-electron chi connectivity index (χ0n) is 12.7. The highest BCUT2D eigenvalue weighted by molar-refractivity contribution is 5.36. The van der Waals surface area contributed by atoms with Crippen molar-refractivity contribution in [3.05, 3.63) is 0 Å². The van der Waals surface area contributed by atoms with Gasteiger partial charge >= 0.3 is 0 Å². The van der Waals surface area contributed by atoms with E-state index in [-0.39, 0.29) is 60.8 Å². The third-order valence-corrected chi connectivity index (χ3v) is 1.73. The predicted octanol–water partition coefficient (Wildman–Crippen LogP) is 0.362. The van der Waals surface area contributed by atoms with Crippen LogP contribution in [0.3, 0.4) is 0 Å². The summed E-state index contributed by atoms with van der Waals surface area (Å²) in [6.45, 7) is 3.03. The van der Waals surface area contributed by atoms with Crippen LogP contribution in [0, 0.1) is 0 Å². The van der Waals surface area contributed by atoms with Gasteiger partial charge in [0.25, 0.3) is 6.47 Å². The van der Waals surface area contributed by atoms with E-state index in [9.17, 15) is 4.79 Å². The van der Waals surface area contributed by atoms with Crippen LogP contribution in [0.5, 0.6) is 0 Å². The number of carbonyl (C=O) groups is 1. The van der Waals surface area contributed by atoms with Crippen molar-refractivity contribution in [2.45, 2.75) is 13.3 Å². The van der Waals surface area contributed by atoms with Gasteiger partial charge in [0.1, 0.15) is 6.79 Å². The monoisotopic (exact) mass is 328 g/mol. The number of carbonyl (C=O) groups excluding carboxylic acids is 1. The smallest absolute Gasteiger partial charge is 0.295 e. The summed E-state index contributed by atoms with van der Waals surface area (Å²) in [7, 11) is 0. The Morgan fingerprint density at radius 1 is 0.591 bits per heavy atom. The van der Waals surface area contributed by atoms with Crippen molar-refractivity contribution in [2.24, 2.45) is 0 Å². The highest BCUT2D eigenvalue weighted by Gasteiger charge is 1.92. The minimum atomic E-state index is -0.164. The van der Waals surface area contributed by atoms with Crippen LogP contribution in [0.4, 0.5) is 0 Å². The first-order valence-electron chi connectivity index (χ1n) is 6.59. The first kappa shape index (κ1) is 21.1. The van der Waals surface area contributed by atoms with Crippen LogP contribution >= 0.6 is 0 Å². The molecule has 0 aliphatic heterocycles. The van der Waals surface area contributed by atoms with Crippen molar-refractivity contribution in [3.8, 4) is 0 Å². The molecule has 0 aromatic heterocycles. The molecule has 0 aromatic carbocycles. The fourth-order valence-corrected chi connectivity index (χ4v) is 0.930. The highest BCUT2D eigenvalue weighted by Crippen LogP contribution is 1.87. The quantitative estimate of drug-likeness (QED) is 0.188. The number of hydrogen-bond acceptors (Lipinski definition) is 10. The lowest BCUT2D eigenvalue weighted by Gasteiger charge is -2.08. The summed E-state index contributed by atoms with van der Waals surface area (Å²) >= 11 is 0. The molecule has 0 saturated heterocycles. The maximum atomic E-state index is 9.76. The second-order valence-electron chi connectivity index (χ2n) is 3.54. The number of ether oxygens (including phenoxy) is 9. The van der Waals surface area contributed by atoms with Gasteiger partial charge in [0.05, 0.1) is 0 Å². The predicted molar refractivity (Wildman–Crippen MR) is 69.9 cm³/mol. The molecule has 0 amide bonds. The largest absolute Gasteiger partial charge is 0.441 e. The molecule has 0 saturated carbocycles. The zero-order valence-corrected chi connectivity index (χ0v) is 12.7. The van der Waals surface area contributed by atoms with E-state index in [0.29, 0.717) is 6.61 Å². The Hall–Kier alpha value is -0.850. The molecule has 0 aliphatic rings. The van der Waals surface area contributed by atoms with E-state index in [2.05, 4.69) is 4.74 Å². The normalized spacial score (nSPS) is 10.8. The minimum Gasteiger partial charge on any atom is -0.441 e. The molecule has 10 heteroatoms. The fourth-order valence-electron chi connectivity index (χ4n) is 0.930. The van der Waals surface area contributed by atoms with E-state index < -0.39 is 0 Å². The van der Waals surface area contributed by atoms with E-state index in [4.69, 9.17) is 37.9 Å². The summed E-state index contributed by atoms with van der Waals surface area (Å²) in [5.41, 5.74) is 0. The van der Waals surface area contributed by atoms with E-state index >= 15 is 0 Å². The lowest BCUT2D eigenvalue weighted by Crippen LogP contribution is -2.12. The summed E-state index contributed by atoms with van der Waals surface area (Å²) in [6.07, 6.45) is 0.944. The van der Waals surface area contributed by atoms with Crippen LogP contribution in [-0.2, 0) is 47.4 Å². The Morgan fingerprint density at radius 3 is 1.32 bits per heavy atom. The van der Waals surface area contributed by atoms with E-state index in [1.807, 2.05) is 6.92 Å². The van der Waals surface area contributed by atoms with E-state index in [0.717, 1.165) is 6.42 Å². The van der Waals surface area contributed by atoms with Crippen molar-refractivity contribution >= 4 is 6.47 Å². The van der Waals surface area contributed by atoms with Crippen LogP contribution in [0.25, 0.3) is 0 Å². The number of rotatable bonds is 19. The minimum absolute atomic E-state index is 0.00774. The van der Waals surface area contributed by atoms with E-state index in [1.54, 1.807) is 0 Å². The molecule has 0 rings (SSSR count). The van der Waals surface area contributed by atoms with Gasteiger partial charge in [-0.1, -0.05) is 6.92 Å². The third kappa shape index (κ3) is 19.1. The lowest BCUT2D eigenvalue weighted by molar-refractivity contribution is -0.224. The first-order valence-corrected chi connectivity index (χ1v) is 6.59. The summed E-state index contributed by atoms with van der Waals surface area (Å²) in [4.78, 5) is 9.76. The zero-order chi connectivity index (χ0) is 16.1. The highest BCUT2D eigenvalue weighted by atomic mass is 16.8. The molecule has 0 aromatic rings. The molecule has 132 valence electrons. The molecule has 10 nitrogen and oxygen atoms in total. The molecule has 0 aliphatic carbocycles. The lowest BCUT2D eigenvalue weighted by atomic mass is 10.5. The maximum Gasteiger partial charge on any atom is 0.295 e. The Kier molecular flexibility index (Phi) is 19.4. The Labute approximate surface area is 129 Å². The van der Waals surface area contributed by atoms with Gasteiger partial charge in [-0.2, -0.15) is 0 Å². The molecule has 0 N–H and O–H groups in total. The topological polar surface area (TPSA) is 100 Å². The van der Waals surface area contributed by atoms with Gasteiger partial charge in [0.15, 0.2) is 47.6 Å². The summed E-state index contributed by atoms with van der Waals surface area (Å²) < 4.78 is 43.8. The van der Waals surface area contributed by atoms with Crippen LogP contribution in [0.2, 0.25) is 0 Å². The standard InChI is InChI=1S/C12H24O10/c1-2-3-14-5-16-7-18-9-20-11-22-12-21-10-19-8-17-6-15-4-13/h4H,2-3,5-12H2,1H3. The van der Waals surface area contributed by atoms with Crippen LogP contribution in [-0.4, -0.2) is 67.4 Å². The van der Waals surface area contributed by atoms with Crippen molar-refractivity contribution in [1.82, 2.24) is 0 Å². The van der Waals surface area contributed by atoms with Gasteiger partial charge < -0.3 is 42.6 Å². The molecule has 0 fully saturated rings. The maximum absolute atomic E-state index is 9.76. The Morgan fingerprint density at radius 2 is 0.955 bits per heavy atom. The van der Waals surface area contributed by atoms with Crippen molar-refractivity contribution in [2.75, 3.05) is 61.0 Å². The second-order valence-corrected chi connectivity index (χ2v) is 3.54. The molecular weight excluding hydrogens is 304 g/mol. The third-order valence-electron chi connectivity index (χ3n) is 1.73. The summed E-state index contributed by atoms with van der Waals surface area (Å²) in [5, 5.41) is 0. The average Bonchev–Trinajstić information content (AvgIpc) is 2.54. The first-order chi connectivity index (χ1) is 10.9. The molecule has 0 bridgehead atoms. The van der Waals surface area contributed by atoms with Crippen LogP contribution in [0.1, 0.15) is 13.3 Å². The van der Waals surface area contributed by atoms with Crippen molar-refractivity contribution in [1.29, 1.82) is 0 Å². The van der Waals surface area contributed by atoms with Crippen molar-refractivity contribution in [3.63, 3.8) is 0 Å². The van der Waals surface area contributed by atoms with Crippen LogP contribution in [0.15, 0.2) is 0 Å². The van der Waals surface area contributed by atoms with Gasteiger partial charge in [-0.15, -0.1) is 0 Å². The van der Waals surface area contributed by atoms with Gasteiger partial charge in [0, 0.05) is 6.61 Å². The molecule has 0 spiro atoms. The second kappa shape index (κ2) is 20.1. The van der Waals surface area contributed by atoms with Gasteiger partial charge in [0.2, 0.25) is 0 Å². The summed E-state index contributed by atoms with van der Waals surface area (Å²) in [5.74, 6) is 0. The SMILES string of the molecule is CCCOCOCOCOCOCOCOCOCOC=O. The fraction of sp³-hybridized carbons (Fsp3) is 0.917.